The molecule has 0 saturated heterocycles. The van der Waals surface area contributed by atoms with Gasteiger partial charge in [-0.25, -0.2) is 4.79 Å². The molecule has 17 heavy (non-hydrogen) atoms. The van der Waals surface area contributed by atoms with Crippen molar-refractivity contribution in [3.05, 3.63) is 21.4 Å². The van der Waals surface area contributed by atoms with Crippen LogP contribution < -0.4 is 5.32 Å². The Kier molecular flexibility index (Phi) is 2.95. The van der Waals surface area contributed by atoms with Crippen molar-refractivity contribution in [2.24, 2.45) is 0 Å². The van der Waals surface area contributed by atoms with E-state index in [2.05, 4.69) is 5.32 Å². The first-order valence-corrected chi connectivity index (χ1v) is 6.39. The summed E-state index contributed by atoms with van der Waals surface area (Å²) in [5.41, 5.74) is 0.0428. The molecule has 5 heteroatoms. The molecule has 0 aromatic carbocycles. The molecule has 0 aliphatic heterocycles. The van der Waals surface area contributed by atoms with Crippen LogP contribution in [0.2, 0.25) is 0 Å². The predicted molar refractivity (Wildman–Crippen MR) is 65.5 cm³/mol. The lowest BCUT2D eigenvalue weighted by molar-refractivity contribution is -0.148. The number of aryl methyl sites for hydroxylation is 2. The molecule has 2 N–H and O–H groups in total. The lowest BCUT2D eigenvalue weighted by Crippen LogP contribution is -2.59. The molecule has 1 fully saturated rings. The van der Waals surface area contributed by atoms with Crippen LogP contribution in [0.1, 0.15) is 39.4 Å². The largest absolute Gasteiger partial charge is 0.480 e. The number of rotatable bonds is 3. The van der Waals surface area contributed by atoms with Crippen LogP contribution in [0, 0.1) is 13.8 Å². The standard InChI is InChI=1S/C12H15NO3S/c1-7-6-9(17-8(7)2)10(14)13-12(11(15)16)4-3-5-12/h6H,3-5H2,1-2H3,(H,13,14)(H,15,16). The smallest absolute Gasteiger partial charge is 0.329 e. The van der Waals surface area contributed by atoms with Gasteiger partial charge in [-0.2, -0.15) is 0 Å². The van der Waals surface area contributed by atoms with Crippen molar-refractivity contribution in [3.8, 4) is 0 Å². The molecule has 1 aromatic heterocycles. The molecule has 1 heterocycles. The third-order valence-corrected chi connectivity index (χ3v) is 4.51. The summed E-state index contributed by atoms with van der Waals surface area (Å²) in [5, 5.41) is 11.8. The van der Waals surface area contributed by atoms with Gasteiger partial charge in [-0.15, -0.1) is 11.3 Å². The average Bonchev–Trinajstić information content (AvgIpc) is 2.52. The fourth-order valence-corrected chi connectivity index (χ4v) is 2.82. The average molecular weight is 253 g/mol. The number of amides is 1. The van der Waals surface area contributed by atoms with Gasteiger partial charge >= 0.3 is 5.97 Å². The summed E-state index contributed by atoms with van der Waals surface area (Å²) < 4.78 is 0. The second-order valence-electron chi connectivity index (χ2n) is 4.54. The van der Waals surface area contributed by atoms with E-state index in [9.17, 15) is 9.59 Å². The van der Waals surface area contributed by atoms with Gasteiger partial charge in [0.15, 0.2) is 0 Å². The molecule has 0 bridgehead atoms. The van der Waals surface area contributed by atoms with Gasteiger partial charge in [0.05, 0.1) is 4.88 Å². The summed E-state index contributed by atoms with van der Waals surface area (Å²) in [7, 11) is 0. The van der Waals surface area contributed by atoms with Crippen LogP contribution in [0.5, 0.6) is 0 Å². The maximum Gasteiger partial charge on any atom is 0.329 e. The number of carboxylic acid groups (broad SMARTS) is 1. The molecule has 0 atom stereocenters. The maximum absolute atomic E-state index is 12.0. The van der Waals surface area contributed by atoms with E-state index in [0.29, 0.717) is 17.7 Å². The molecular weight excluding hydrogens is 238 g/mol. The normalized spacial score (nSPS) is 17.3. The predicted octanol–water partition coefficient (Wildman–Crippen LogP) is 2.10. The van der Waals surface area contributed by atoms with Crippen molar-refractivity contribution in [2.75, 3.05) is 0 Å². The van der Waals surface area contributed by atoms with Gasteiger partial charge in [0.1, 0.15) is 5.54 Å². The van der Waals surface area contributed by atoms with E-state index in [1.54, 1.807) is 0 Å². The monoisotopic (exact) mass is 253 g/mol. The Labute approximate surface area is 104 Å². The molecule has 92 valence electrons. The summed E-state index contributed by atoms with van der Waals surface area (Å²) >= 11 is 1.40. The Bertz CT molecular complexity index is 455. The van der Waals surface area contributed by atoms with Crippen molar-refractivity contribution < 1.29 is 14.7 Å². The topological polar surface area (TPSA) is 66.4 Å². The summed E-state index contributed by atoms with van der Waals surface area (Å²) in [6, 6.07) is 1.81. The third-order valence-electron chi connectivity index (χ3n) is 3.36. The van der Waals surface area contributed by atoms with Crippen molar-refractivity contribution >= 4 is 23.2 Å². The Morgan fingerprint density at radius 1 is 1.41 bits per heavy atom. The molecule has 1 aromatic rings. The fraction of sp³-hybridized carbons (Fsp3) is 0.500. The Morgan fingerprint density at radius 2 is 2.06 bits per heavy atom. The molecule has 2 rings (SSSR count). The van der Waals surface area contributed by atoms with Crippen LogP contribution >= 0.6 is 11.3 Å². The van der Waals surface area contributed by atoms with E-state index < -0.39 is 11.5 Å². The van der Waals surface area contributed by atoms with E-state index in [4.69, 9.17) is 5.11 Å². The minimum absolute atomic E-state index is 0.270. The summed E-state index contributed by atoms with van der Waals surface area (Å²) in [4.78, 5) is 24.8. The minimum Gasteiger partial charge on any atom is -0.480 e. The third kappa shape index (κ3) is 2.07. The van der Waals surface area contributed by atoms with Gasteiger partial charge in [-0.3, -0.25) is 4.79 Å². The van der Waals surface area contributed by atoms with Crippen LogP contribution in [0.15, 0.2) is 6.07 Å². The highest BCUT2D eigenvalue weighted by Gasteiger charge is 2.45. The SMILES string of the molecule is Cc1cc(C(=O)NC2(C(=O)O)CCC2)sc1C. The molecule has 0 unspecified atom stereocenters. The molecule has 0 spiro atoms. The number of hydrogen-bond donors (Lipinski definition) is 2. The number of carbonyl (C=O) groups excluding carboxylic acids is 1. The van der Waals surface area contributed by atoms with Gasteiger partial charge in [0.25, 0.3) is 5.91 Å². The molecule has 4 nitrogen and oxygen atoms in total. The number of carboxylic acids is 1. The number of hydrogen-bond acceptors (Lipinski definition) is 3. The van der Waals surface area contributed by atoms with Crippen molar-refractivity contribution in [2.45, 2.75) is 38.6 Å². The summed E-state index contributed by atoms with van der Waals surface area (Å²) in [6.45, 7) is 3.89. The highest BCUT2D eigenvalue weighted by Crippen LogP contribution is 2.33. The molecule has 1 aliphatic rings. The first kappa shape index (κ1) is 12.1. The van der Waals surface area contributed by atoms with Crippen LogP contribution in [0.25, 0.3) is 0 Å². The van der Waals surface area contributed by atoms with Gasteiger partial charge in [-0.1, -0.05) is 0 Å². The van der Waals surface area contributed by atoms with Gasteiger partial charge in [0, 0.05) is 4.88 Å². The zero-order valence-electron chi connectivity index (χ0n) is 9.87. The second-order valence-corrected chi connectivity index (χ2v) is 5.80. The van der Waals surface area contributed by atoms with Gasteiger partial charge in [-0.05, 0) is 44.7 Å². The van der Waals surface area contributed by atoms with E-state index >= 15 is 0 Å². The number of nitrogens with one attached hydrogen (secondary N) is 1. The first-order chi connectivity index (χ1) is 7.94. The highest BCUT2D eigenvalue weighted by molar-refractivity contribution is 7.14. The summed E-state index contributed by atoms with van der Waals surface area (Å²) in [5.74, 6) is -1.20. The van der Waals surface area contributed by atoms with Gasteiger partial charge in [0.2, 0.25) is 0 Å². The fourth-order valence-electron chi connectivity index (χ4n) is 1.89. The Hall–Kier alpha value is -1.36. The quantitative estimate of drug-likeness (QED) is 0.867. The van der Waals surface area contributed by atoms with Crippen LogP contribution in [0.3, 0.4) is 0 Å². The number of thiophene rings is 1. The molecule has 1 amide bonds. The Balaban J connectivity index is 2.14. The van der Waals surface area contributed by atoms with Crippen molar-refractivity contribution in [1.82, 2.24) is 5.32 Å². The molecule has 1 saturated carbocycles. The lowest BCUT2D eigenvalue weighted by Gasteiger charge is -2.38. The minimum atomic E-state index is -1.02. The molecular formula is C12H15NO3S. The number of carbonyl (C=O) groups is 2. The van der Waals surface area contributed by atoms with E-state index in [1.165, 1.54) is 11.3 Å². The molecule has 0 radical (unpaired) electrons. The number of aliphatic carboxylic acids is 1. The maximum atomic E-state index is 12.0. The van der Waals surface area contributed by atoms with Crippen molar-refractivity contribution in [1.29, 1.82) is 0 Å². The first-order valence-electron chi connectivity index (χ1n) is 5.57. The zero-order chi connectivity index (χ0) is 12.6. The van der Waals surface area contributed by atoms with Crippen LogP contribution in [-0.4, -0.2) is 22.5 Å². The van der Waals surface area contributed by atoms with E-state index in [1.807, 2.05) is 19.9 Å². The van der Waals surface area contributed by atoms with Crippen molar-refractivity contribution in [3.63, 3.8) is 0 Å². The summed E-state index contributed by atoms with van der Waals surface area (Å²) in [6.07, 6.45) is 1.91. The Morgan fingerprint density at radius 3 is 2.41 bits per heavy atom. The lowest BCUT2D eigenvalue weighted by atomic mass is 9.77. The zero-order valence-corrected chi connectivity index (χ0v) is 10.7. The second kappa shape index (κ2) is 4.14. The van der Waals surface area contributed by atoms with E-state index in [0.717, 1.165) is 16.9 Å². The van der Waals surface area contributed by atoms with E-state index in [-0.39, 0.29) is 5.91 Å². The highest BCUT2D eigenvalue weighted by atomic mass is 32.1. The van der Waals surface area contributed by atoms with Gasteiger partial charge < -0.3 is 10.4 Å². The van der Waals surface area contributed by atoms with Crippen LogP contribution in [0.4, 0.5) is 0 Å². The molecule has 1 aliphatic carbocycles. The van der Waals surface area contributed by atoms with Crippen LogP contribution in [-0.2, 0) is 4.79 Å².